The Kier molecular flexibility index (Phi) is 27.9. The molecule has 0 amide bonds. The van der Waals surface area contributed by atoms with Crippen molar-refractivity contribution in [3.05, 3.63) is 0 Å². The lowest BCUT2D eigenvalue weighted by molar-refractivity contribution is -0.159. The third-order valence-electron chi connectivity index (χ3n) is 5.67. The predicted octanol–water partition coefficient (Wildman–Crippen LogP) is 7.53. The zero-order valence-electron chi connectivity index (χ0n) is 21.0. The van der Waals surface area contributed by atoms with Gasteiger partial charge in [0.05, 0.1) is 0 Å². The molecule has 0 aromatic carbocycles. The molecule has 0 saturated carbocycles. The fourth-order valence-corrected chi connectivity index (χ4v) is 3.68. The maximum Gasteiger partial charge on any atom is 0.414 e. The summed E-state index contributed by atoms with van der Waals surface area (Å²) in [5.41, 5.74) is 0. The standard InChI is InChI=1S/C24H51N.C2H2O4/c1-4-7-10-13-16-19-22-25(23-20-17-14-11-8-5-2)24-21-18-15-12-9-6-3;3-1(4)2(5)6/h4-24H2,1-3H3;(H,3,4)(H,5,6). The zero-order valence-corrected chi connectivity index (χ0v) is 21.0. The molecule has 0 fully saturated rings. The Labute approximate surface area is 193 Å². The highest BCUT2D eigenvalue weighted by Crippen LogP contribution is 2.11. The smallest absolute Gasteiger partial charge is 0.414 e. The highest BCUT2D eigenvalue weighted by Gasteiger charge is 2.05. The number of hydrogen-bond acceptors (Lipinski definition) is 3. The van der Waals surface area contributed by atoms with Gasteiger partial charge in [-0.15, -0.1) is 0 Å². The molecule has 0 aromatic heterocycles. The Morgan fingerprint density at radius 3 is 0.903 bits per heavy atom. The predicted molar refractivity (Wildman–Crippen MR) is 132 cm³/mol. The Morgan fingerprint density at radius 2 is 0.677 bits per heavy atom. The van der Waals surface area contributed by atoms with Gasteiger partial charge in [-0.05, 0) is 38.9 Å². The van der Waals surface area contributed by atoms with Gasteiger partial charge in [-0.1, -0.05) is 117 Å². The lowest BCUT2D eigenvalue weighted by atomic mass is 10.1. The highest BCUT2D eigenvalue weighted by atomic mass is 16.4. The molecule has 0 radical (unpaired) electrons. The molecule has 186 valence electrons. The molecule has 0 atom stereocenters. The van der Waals surface area contributed by atoms with Crippen molar-refractivity contribution in [2.75, 3.05) is 19.6 Å². The molecule has 0 spiro atoms. The van der Waals surface area contributed by atoms with Crippen LogP contribution in [0.25, 0.3) is 0 Å². The van der Waals surface area contributed by atoms with Crippen LogP contribution >= 0.6 is 0 Å². The van der Waals surface area contributed by atoms with Crippen molar-refractivity contribution < 1.29 is 19.8 Å². The van der Waals surface area contributed by atoms with Crippen LogP contribution in [-0.4, -0.2) is 46.7 Å². The Hall–Kier alpha value is -1.10. The summed E-state index contributed by atoms with van der Waals surface area (Å²) in [4.78, 5) is 21.0. The average Bonchev–Trinajstić information content (AvgIpc) is 2.75. The molecule has 0 aromatic rings. The topological polar surface area (TPSA) is 77.8 Å². The van der Waals surface area contributed by atoms with Crippen molar-refractivity contribution in [2.24, 2.45) is 0 Å². The van der Waals surface area contributed by atoms with E-state index in [2.05, 4.69) is 25.7 Å². The Balaban J connectivity index is 0. The van der Waals surface area contributed by atoms with Crippen LogP contribution in [0, 0.1) is 0 Å². The number of nitrogens with zero attached hydrogens (tertiary/aromatic N) is 1. The lowest BCUT2D eigenvalue weighted by Gasteiger charge is -2.22. The van der Waals surface area contributed by atoms with E-state index in [9.17, 15) is 0 Å². The van der Waals surface area contributed by atoms with Crippen LogP contribution < -0.4 is 0 Å². The fraction of sp³-hybridized carbons (Fsp3) is 0.923. The number of rotatable bonds is 21. The van der Waals surface area contributed by atoms with Crippen molar-refractivity contribution in [3.8, 4) is 0 Å². The van der Waals surface area contributed by atoms with Crippen molar-refractivity contribution in [2.45, 2.75) is 136 Å². The minimum absolute atomic E-state index is 1.36. The van der Waals surface area contributed by atoms with Gasteiger partial charge in [0.2, 0.25) is 0 Å². The first kappa shape index (κ1) is 32.1. The van der Waals surface area contributed by atoms with E-state index in [4.69, 9.17) is 19.8 Å². The molecule has 0 heterocycles. The number of unbranched alkanes of at least 4 members (excludes halogenated alkanes) is 15. The summed E-state index contributed by atoms with van der Waals surface area (Å²) in [6, 6.07) is 0. The van der Waals surface area contributed by atoms with Crippen LogP contribution in [-0.2, 0) is 9.59 Å². The summed E-state index contributed by atoms with van der Waals surface area (Å²) in [6.07, 6.45) is 25.7. The van der Waals surface area contributed by atoms with Crippen LogP contribution in [0.1, 0.15) is 136 Å². The number of carbonyl (C=O) groups is 2. The molecule has 0 saturated heterocycles. The van der Waals surface area contributed by atoms with Gasteiger partial charge in [0.15, 0.2) is 0 Å². The summed E-state index contributed by atoms with van der Waals surface area (Å²) < 4.78 is 0. The molecule has 31 heavy (non-hydrogen) atoms. The van der Waals surface area contributed by atoms with E-state index in [1.54, 1.807) is 0 Å². The van der Waals surface area contributed by atoms with Gasteiger partial charge >= 0.3 is 11.9 Å². The molecule has 0 aliphatic heterocycles. The van der Waals surface area contributed by atoms with Gasteiger partial charge in [0.1, 0.15) is 0 Å². The quantitative estimate of drug-likeness (QED) is 0.142. The van der Waals surface area contributed by atoms with Gasteiger partial charge in [0, 0.05) is 0 Å². The van der Waals surface area contributed by atoms with Crippen molar-refractivity contribution in [1.29, 1.82) is 0 Å². The second kappa shape index (κ2) is 26.9. The summed E-state index contributed by atoms with van der Waals surface area (Å²) >= 11 is 0. The highest BCUT2D eigenvalue weighted by molar-refractivity contribution is 6.27. The first-order valence-electron chi connectivity index (χ1n) is 13.2. The van der Waals surface area contributed by atoms with Gasteiger partial charge in [-0.3, -0.25) is 0 Å². The number of aliphatic carboxylic acids is 2. The molecule has 0 rings (SSSR count). The van der Waals surface area contributed by atoms with Gasteiger partial charge in [-0.2, -0.15) is 0 Å². The fourth-order valence-electron chi connectivity index (χ4n) is 3.68. The Bertz CT molecular complexity index is 338. The molecule has 0 bridgehead atoms. The van der Waals surface area contributed by atoms with Crippen molar-refractivity contribution >= 4 is 11.9 Å². The van der Waals surface area contributed by atoms with Crippen LogP contribution in [0.15, 0.2) is 0 Å². The molecule has 0 unspecified atom stereocenters. The summed E-state index contributed by atoms with van der Waals surface area (Å²) in [6.45, 7) is 11.0. The van der Waals surface area contributed by atoms with Crippen molar-refractivity contribution in [3.63, 3.8) is 0 Å². The summed E-state index contributed by atoms with van der Waals surface area (Å²) in [7, 11) is 0. The van der Waals surface area contributed by atoms with Gasteiger partial charge in [-0.25, -0.2) is 9.59 Å². The zero-order chi connectivity index (χ0) is 23.6. The molecular formula is C26H53NO4. The number of carboxylic acids is 2. The first-order chi connectivity index (χ1) is 15.0. The SMILES string of the molecule is CCCCCCCCN(CCCCCCCC)CCCCCCCC.O=C(O)C(=O)O. The number of hydrogen-bond donors (Lipinski definition) is 2. The maximum absolute atomic E-state index is 9.10. The maximum atomic E-state index is 9.10. The largest absolute Gasteiger partial charge is 0.473 e. The third-order valence-corrected chi connectivity index (χ3v) is 5.67. The van der Waals surface area contributed by atoms with E-state index >= 15 is 0 Å². The van der Waals surface area contributed by atoms with Crippen LogP contribution in [0.5, 0.6) is 0 Å². The average molecular weight is 444 g/mol. The van der Waals surface area contributed by atoms with Crippen molar-refractivity contribution in [1.82, 2.24) is 4.90 Å². The minimum atomic E-state index is -1.82. The van der Waals surface area contributed by atoms with E-state index in [0.29, 0.717) is 0 Å². The summed E-state index contributed by atoms with van der Waals surface area (Å²) in [5, 5.41) is 14.8. The third kappa shape index (κ3) is 28.9. The molecule has 0 aliphatic rings. The van der Waals surface area contributed by atoms with Gasteiger partial charge in [0.25, 0.3) is 0 Å². The molecule has 5 nitrogen and oxygen atoms in total. The second-order valence-electron chi connectivity index (χ2n) is 8.76. The molecule has 0 aliphatic carbocycles. The lowest BCUT2D eigenvalue weighted by Crippen LogP contribution is -2.27. The Morgan fingerprint density at radius 1 is 0.452 bits per heavy atom. The monoisotopic (exact) mass is 443 g/mol. The minimum Gasteiger partial charge on any atom is -0.473 e. The van der Waals surface area contributed by atoms with Crippen LogP contribution in [0.3, 0.4) is 0 Å². The molecule has 5 heteroatoms. The van der Waals surface area contributed by atoms with E-state index in [-0.39, 0.29) is 0 Å². The van der Waals surface area contributed by atoms with Crippen LogP contribution in [0.4, 0.5) is 0 Å². The van der Waals surface area contributed by atoms with Crippen LogP contribution in [0.2, 0.25) is 0 Å². The van der Waals surface area contributed by atoms with E-state index in [1.165, 1.54) is 135 Å². The first-order valence-corrected chi connectivity index (χ1v) is 13.2. The second-order valence-corrected chi connectivity index (χ2v) is 8.76. The molecule has 2 N–H and O–H groups in total. The number of carboxylic acid groups (broad SMARTS) is 2. The van der Waals surface area contributed by atoms with E-state index in [0.717, 1.165) is 0 Å². The normalized spacial score (nSPS) is 10.7. The van der Waals surface area contributed by atoms with E-state index < -0.39 is 11.9 Å². The van der Waals surface area contributed by atoms with E-state index in [1.807, 2.05) is 0 Å². The molecular weight excluding hydrogens is 390 g/mol. The van der Waals surface area contributed by atoms with Gasteiger partial charge < -0.3 is 15.1 Å². The summed E-state index contributed by atoms with van der Waals surface area (Å²) in [5.74, 6) is -3.65.